The van der Waals surface area contributed by atoms with Gasteiger partial charge in [-0.05, 0) is 25.7 Å². The molecule has 0 saturated heterocycles. The second kappa shape index (κ2) is 39.4. The van der Waals surface area contributed by atoms with Crippen molar-refractivity contribution >= 4 is 19.8 Å². The Bertz CT molecular complexity index is 871. The van der Waals surface area contributed by atoms with E-state index in [9.17, 15) is 19.0 Å². The van der Waals surface area contributed by atoms with Gasteiger partial charge in [-0.3, -0.25) is 18.6 Å². The molecule has 0 aliphatic rings. The van der Waals surface area contributed by atoms with Crippen molar-refractivity contribution in [2.24, 2.45) is 5.73 Å². The van der Waals surface area contributed by atoms with Crippen molar-refractivity contribution in [1.82, 2.24) is 0 Å². The van der Waals surface area contributed by atoms with E-state index in [2.05, 4.69) is 19.9 Å². The van der Waals surface area contributed by atoms with Crippen LogP contribution in [0.15, 0.2) is 12.2 Å². The monoisotopic (exact) mass is 760 g/mol. The Morgan fingerprint density at radius 3 is 1.44 bits per heavy atom. The summed E-state index contributed by atoms with van der Waals surface area (Å²) < 4.78 is 32.7. The molecular weight excluding hydrogens is 677 g/mol. The van der Waals surface area contributed by atoms with Gasteiger partial charge in [-0.2, -0.15) is 0 Å². The summed E-state index contributed by atoms with van der Waals surface area (Å²) in [6.45, 7) is 3.72. The van der Waals surface area contributed by atoms with Gasteiger partial charge in [-0.15, -0.1) is 0 Å². The highest BCUT2D eigenvalue weighted by Gasteiger charge is 2.25. The second-order valence-corrected chi connectivity index (χ2v) is 16.0. The molecule has 3 N–H and O–H groups in total. The zero-order chi connectivity index (χ0) is 38.2. The van der Waals surface area contributed by atoms with Crippen molar-refractivity contribution < 1.29 is 37.6 Å². The highest BCUT2D eigenvalue weighted by atomic mass is 31.2. The quantitative estimate of drug-likeness (QED) is 0.0270. The van der Waals surface area contributed by atoms with Gasteiger partial charge in [-0.25, -0.2) is 4.57 Å². The zero-order valence-electron chi connectivity index (χ0n) is 33.8. The molecule has 0 aliphatic carbocycles. The molecule has 0 aromatic rings. The SMILES string of the molecule is CCCCCCCCCCCCC/C=C/CCC(=O)OC[C@H](COP(=O)(O)OCCN)OC(=O)CCCCCCCCCCCCCCCCCC. The number of ether oxygens (including phenoxy) is 2. The van der Waals surface area contributed by atoms with Crippen molar-refractivity contribution in [2.45, 2.75) is 219 Å². The predicted octanol–water partition coefficient (Wildman–Crippen LogP) is 12.2. The molecule has 2 atom stereocenters. The Kier molecular flexibility index (Phi) is 38.5. The van der Waals surface area contributed by atoms with Gasteiger partial charge < -0.3 is 20.1 Å². The van der Waals surface area contributed by atoms with E-state index in [1.165, 1.54) is 148 Å². The fourth-order valence-corrected chi connectivity index (χ4v) is 6.95. The largest absolute Gasteiger partial charge is 0.472 e. The average molecular weight is 760 g/mol. The van der Waals surface area contributed by atoms with Crippen LogP contribution in [0, 0.1) is 0 Å². The molecule has 9 nitrogen and oxygen atoms in total. The van der Waals surface area contributed by atoms with E-state index in [1.54, 1.807) is 0 Å². The Morgan fingerprint density at radius 1 is 0.558 bits per heavy atom. The van der Waals surface area contributed by atoms with Gasteiger partial charge in [0.15, 0.2) is 6.10 Å². The highest BCUT2D eigenvalue weighted by Crippen LogP contribution is 2.43. The molecule has 0 fully saturated rings. The first-order chi connectivity index (χ1) is 25.3. The van der Waals surface area contributed by atoms with Gasteiger partial charge in [0.05, 0.1) is 13.2 Å². The number of allylic oxidation sites excluding steroid dienone is 2. The molecule has 0 aliphatic heterocycles. The van der Waals surface area contributed by atoms with Crippen LogP contribution in [0.1, 0.15) is 213 Å². The number of carbonyl (C=O) groups excluding carboxylic acids is 2. The fourth-order valence-electron chi connectivity index (χ4n) is 6.18. The van der Waals surface area contributed by atoms with Crippen molar-refractivity contribution in [3.63, 3.8) is 0 Å². The summed E-state index contributed by atoms with van der Waals surface area (Å²) in [5, 5.41) is 0. The topological polar surface area (TPSA) is 134 Å². The number of esters is 2. The Balaban J connectivity index is 4.16. The normalized spacial score (nSPS) is 13.4. The molecule has 0 bridgehead atoms. The number of nitrogens with two attached hydrogens (primary N) is 1. The summed E-state index contributed by atoms with van der Waals surface area (Å²) >= 11 is 0. The van der Waals surface area contributed by atoms with E-state index in [0.29, 0.717) is 12.8 Å². The minimum Gasteiger partial charge on any atom is -0.462 e. The fraction of sp³-hybridized carbons (Fsp3) is 0.905. The molecule has 0 rings (SSSR count). The minimum absolute atomic E-state index is 0.0526. The molecule has 0 amide bonds. The molecule has 0 saturated carbocycles. The van der Waals surface area contributed by atoms with Crippen molar-refractivity contribution in [2.75, 3.05) is 26.4 Å². The number of carbonyl (C=O) groups is 2. The van der Waals surface area contributed by atoms with Gasteiger partial charge in [0.2, 0.25) is 0 Å². The molecule has 308 valence electrons. The Labute approximate surface area is 319 Å². The molecule has 0 aromatic carbocycles. The first kappa shape index (κ1) is 50.8. The summed E-state index contributed by atoms with van der Waals surface area (Å²) in [6.07, 6.45) is 39.6. The Morgan fingerprint density at radius 2 is 0.981 bits per heavy atom. The zero-order valence-corrected chi connectivity index (χ0v) is 34.7. The standard InChI is InChI=1S/C42H82NO8P/c1-3-5-7-9-11-13-15-17-19-21-23-25-27-29-31-33-35-42(45)51-40(39-50-52(46,47)49-37-36-43)38-48-41(44)34-32-30-28-26-24-22-20-18-16-14-12-10-8-6-4-2/h28,30,40H,3-27,29,31-39,43H2,1-2H3,(H,46,47)/b30-28+/t40-/m1/s1. The molecule has 0 spiro atoms. The maximum atomic E-state index is 12.6. The van der Waals surface area contributed by atoms with E-state index < -0.39 is 32.5 Å². The summed E-state index contributed by atoms with van der Waals surface area (Å²) in [5.41, 5.74) is 5.34. The van der Waals surface area contributed by atoms with E-state index in [0.717, 1.165) is 25.7 Å². The lowest BCUT2D eigenvalue weighted by atomic mass is 10.0. The lowest BCUT2D eigenvalue weighted by molar-refractivity contribution is -0.161. The molecule has 1 unspecified atom stereocenters. The number of unbranched alkanes of at least 4 members (excludes halogenated alkanes) is 26. The number of phosphoric acid groups is 1. The summed E-state index contributed by atoms with van der Waals surface area (Å²) in [5.74, 6) is -0.874. The van der Waals surface area contributed by atoms with Crippen LogP contribution in [0.3, 0.4) is 0 Å². The predicted molar refractivity (Wildman–Crippen MR) is 215 cm³/mol. The third kappa shape index (κ3) is 38.5. The van der Waals surface area contributed by atoms with E-state index in [4.69, 9.17) is 24.3 Å². The molecule has 0 aromatic heterocycles. The van der Waals surface area contributed by atoms with E-state index >= 15 is 0 Å². The van der Waals surface area contributed by atoms with Gasteiger partial charge in [0.1, 0.15) is 6.61 Å². The average Bonchev–Trinajstić information content (AvgIpc) is 3.13. The van der Waals surface area contributed by atoms with Crippen LogP contribution in [-0.2, 0) is 32.7 Å². The van der Waals surface area contributed by atoms with Crippen LogP contribution in [0.25, 0.3) is 0 Å². The number of hydrogen-bond acceptors (Lipinski definition) is 8. The van der Waals surface area contributed by atoms with Crippen molar-refractivity contribution in [1.29, 1.82) is 0 Å². The molecule has 52 heavy (non-hydrogen) atoms. The first-order valence-corrected chi connectivity index (χ1v) is 23.2. The molecule has 10 heteroatoms. The van der Waals surface area contributed by atoms with Crippen molar-refractivity contribution in [3.8, 4) is 0 Å². The number of rotatable bonds is 41. The first-order valence-electron chi connectivity index (χ1n) is 21.7. The molecular formula is C42H82NO8P. The van der Waals surface area contributed by atoms with E-state index in [1.807, 2.05) is 6.08 Å². The third-order valence-corrected chi connectivity index (χ3v) is 10.4. The Hall–Kier alpha value is -1.25. The number of hydrogen-bond donors (Lipinski definition) is 2. The second-order valence-electron chi connectivity index (χ2n) is 14.6. The van der Waals surface area contributed by atoms with Gasteiger partial charge in [0, 0.05) is 19.4 Å². The minimum atomic E-state index is -4.38. The lowest BCUT2D eigenvalue weighted by Crippen LogP contribution is -2.29. The summed E-state index contributed by atoms with van der Waals surface area (Å²) in [7, 11) is -4.38. The third-order valence-electron chi connectivity index (χ3n) is 9.41. The van der Waals surface area contributed by atoms with Gasteiger partial charge in [0.25, 0.3) is 0 Å². The maximum absolute atomic E-state index is 12.6. The van der Waals surface area contributed by atoms with Crippen molar-refractivity contribution in [3.05, 3.63) is 12.2 Å². The van der Waals surface area contributed by atoms with Crippen LogP contribution in [-0.4, -0.2) is 49.3 Å². The van der Waals surface area contributed by atoms with Crippen LogP contribution < -0.4 is 5.73 Å². The van der Waals surface area contributed by atoms with Gasteiger partial charge >= 0.3 is 19.8 Å². The maximum Gasteiger partial charge on any atom is 0.472 e. The highest BCUT2D eigenvalue weighted by molar-refractivity contribution is 7.47. The van der Waals surface area contributed by atoms with Crippen LogP contribution >= 0.6 is 7.82 Å². The molecule has 0 heterocycles. The van der Waals surface area contributed by atoms with E-state index in [-0.39, 0.29) is 32.6 Å². The smallest absolute Gasteiger partial charge is 0.462 e. The summed E-state index contributed by atoms with van der Waals surface area (Å²) in [6, 6.07) is 0. The van der Waals surface area contributed by atoms with Crippen LogP contribution in [0.4, 0.5) is 0 Å². The van der Waals surface area contributed by atoms with Gasteiger partial charge in [-0.1, -0.05) is 187 Å². The van der Waals surface area contributed by atoms with Crippen LogP contribution in [0.5, 0.6) is 0 Å². The number of phosphoric ester groups is 1. The molecule has 0 radical (unpaired) electrons. The summed E-state index contributed by atoms with van der Waals surface area (Å²) in [4.78, 5) is 34.8. The van der Waals surface area contributed by atoms with Crippen LogP contribution in [0.2, 0.25) is 0 Å². The lowest BCUT2D eigenvalue weighted by Gasteiger charge is -2.19.